The fourth-order valence-electron chi connectivity index (χ4n) is 1.69. The molecule has 19 heavy (non-hydrogen) atoms. The van der Waals surface area contributed by atoms with Crippen molar-refractivity contribution in [2.45, 2.75) is 33.1 Å². The molecule has 1 rings (SSSR count). The third-order valence-corrected chi connectivity index (χ3v) is 3.13. The molecule has 1 fully saturated rings. The van der Waals surface area contributed by atoms with Gasteiger partial charge >= 0.3 is 0 Å². The summed E-state index contributed by atoms with van der Waals surface area (Å²) in [5.74, 6) is -0.0369. The summed E-state index contributed by atoms with van der Waals surface area (Å²) in [5.41, 5.74) is 4.63. The van der Waals surface area contributed by atoms with Crippen LogP contribution in [0, 0.1) is 11.3 Å². The first kappa shape index (κ1) is 15.3. The molecule has 1 aliphatic rings. The Morgan fingerprint density at radius 1 is 1.37 bits per heavy atom. The van der Waals surface area contributed by atoms with E-state index in [4.69, 9.17) is 10.9 Å². The molecule has 0 aromatic heterocycles. The van der Waals surface area contributed by atoms with E-state index in [-0.39, 0.29) is 30.6 Å². The molecule has 5 N–H and O–H groups in total. The summed E-state index contributed by atoms with van der Waals surface area (Å²) in [7, 11) is 0. The van der Waals surface area contributed by atoms with Gasteiger partial charge in [0.05, 0.1) is 0 Å². The van der Waals surface area contributed by atoms with Gasteiger partial charge in [-0.1, -0.05) is 19.0 Å². The average Bonchev–Trinajstić information content (AvgIpc) is 3.16. The van der Waals surface area contributed by atoms with Crippen LogP contribution in [0.4, 0.5) is 0 Å². The lowest BCUT2D eigenvalue weighted by Gasteiger charge is -2.13. The highest BCUT2D eigenvalue weighted by Gasteiger charge is 2.54. The lowest BCUT2D eigenvalue weighted by Crippen LogP contribution is -2.42. The van der Waals surface area contributed by atoms with E-state index in [1.54, 1.807) is 0 Å². The minimum Gasteiger partial charge on any atom is -0.409 e. The molecule has 108 valence electrons. The molecule has 0 heterocycles. The Balaban J connectivity index is 2.27. The second kappa shape index (κ2) is 6.40. The number of nitrogens with one attached hydrogen (secondary N) is 2. The van der Waals surface area contributed by atoms with Gasteiger partial charge in [-0.2, -0.15) is 0 Å². The number of oxime groups is 1. The highest BCUT2D eigenvalue weighted by Crippen LogP contribution is 2.45. The van der Waals surface area contributed by atoms with E-state index in [9.17, 15) is 9.59 Å². The summed E-state index contributed by atoms with van der Waals surface area (Å²) in [6.07, 6.45) is 1.38. The maximum absolute atomic E-state index is 11.9. The van der Waals surface area contributed by atoms with Gasteiger partial charge in [0.1, 0.15) is 5.41 Å². The SMILES string of the molecule is CC(C)CNC(=O)CCNC(=O)C1(C(N)=NO)CC1. The summed E-state index contributed by atoms with van der Waals surface area (Å²) in [6.45, 7) is 4.90. The Morgan fingerprint density at radius 3 is 2.47 bits per heavy atom. The van der Waals surface area contributed by atoms with Gasteiger partial charge in [-0.05, 0) is 18.8 Å². The monoisotopic (exact) mass is 270 g/mol. The largest absolute Gasteiger partial charge is 0.409 e. The Bertz CT molecular complexity index is 375. The van der Waals surface area contributed by atoms with Crippen molar-refractivity contribution in [3.05, 3.63) is 0 Å². The van der Waals surface area contributed by atoms with E-state index in [0.717, 1.165) is 0 Å². The van der Waals surface area contributed by atoms with Crippen molar-refractivity contribution in [3.8, 4) is 0 Å². The van der Waals surface area contributed by atoms with Crippen LogP contribution in [0.3, 0.4) is 0 Å². The molecule has 0 bridgehead atoms. The van der Waals surface area contributed by atoms with Crippen molar-refractivity contribution < 1.29 is 14.8 Å². The molecule has 2 amide bonds. The van der Waals surface area contributed by atoms with Gasteiger partial charge in [-0.25, -0.2) is 0 Å². The van der Waals surface area contributed by atoms with E-state index >= 15 is 0 Å². The highest BCUT2D eigenvalue weighted by molar-refractivity contribution is 6.09. The smallest absolute Gasteiger partial charge is 0.233 e. The van der Waals surface area contributed by atoms with Crippen LogP contribution in [-0.2, 0) is 9.59 Å². The first-order valence-electron chi connectivity index (χ1n) is 6.45. The second-order valence-electron chi connectivity index (χ2n) is 5.27. The Labute approximate surface area is 112 Å². The molecule has 0 aromatic carbocycles. The molecule has 1 saturated carbocycles. The van der Waals surface area contributed by atoms with E-state index in [2.05, 4.69) is 15.8 Å². The molecule has 0 aliphatic heterocycles. The van der Waals surface area contributed by atoms with Gasteiger partial charge < -0.3 is 21.6 Å². The lowest BCUT2D eigenvalue weighted by atomic mass is 10.1. The predicted octanol–water partition coefficient (Wildman–Crippen LogP) is -0.208. The molecule has 0 radical (unpaired) electrons. The fraction of sp³-hybridized carbons (Fsp3) is 0.750. The lowest BCUT2D eigenvalue weighted by molar-refractivity contribution is -0.124. The summed E-state index contributed by atoms with van der Waals surface area (Å²) in [5, 5.41) is 16.9. The van der Waals surface area contributed by atoms with Gasteiger partial charge in [-0.15, -0.1) is 0 Å². The predicted molar refractivity (Wildman–Crippen MR) is 70.6 cm³/mol. The summed E-state index contributed by atoms with van der Waals surface area (Å²) < 4.78 is 0. The summed E-state index contributed by atoms with van der Waals surface area (Å²) >= 11 is 0. The maximum Gasteiger partial charge on any atom is 0.233 e. The Kier molecular flexibility index (Phi) is 5.14. The van der Waals surface area contributed by atoms with Gasteiger partial charge in [0.15, 0.2) is 5.84 Å². The number of amidine groups is 1. The Hall–Kier alpha value is -1.79. The third-order valence-electron chi connectivity index (χ3n) is 3.13. The molecule has 1 aliphatic carbocycles. The molecule has 0 aromatic rings. The van der Waals surface area contributed by atoms with Crippen LogP contribution < -0.4 is 16.4 Å². The standard InChI is InChI=1S/C12H22N4O3/c1-8(2)7-15-9(17)3-6-14-11(18)12(4-5-12)10(13)16-19/h8,19H,3-7H2,1-2H3,(H2,13,16)(H,14,18)(H,15,17). The van der Waals surface area contributed by atoms with E-state index in [0.29, 0.717) is 25.3 Å². The van der Waals surface area contributed by atoms with E-state index in [1.807, 2.05) is 13.8 Å². The number of nitrogens with two attached hydrogens (primary N) is 1. The molecule has 0 atom stereocenters. The van der Waals surface area contributed by atoms with Crippen LogP contribution in [0.1, 0.15) is 33.1 Å². The minimum absolute atomic E-state index is 0.0609. The van der Waals surface area contributed by atoms with Crippen molar-refractivity contribution in [1.82, 2.24) is 10.6 Å². The number of amides is 2. The van der Waals surface area contributed by atoms with Crippen LogP contribution in [0.25, 0.3) is 0 Å². The van der Waals surface area contributed by atoms with E-state index in [1.165, 1.54) is 0 Å². The quantitative estimate of drug-likeness (QED) is 0.222. The summed E-state index contributed by atoms with van der Waals surface area (Å²) in [4.78, 5) is 23.3. The molecule has 7 heteroatoms. The van der Waals surface area contributed by atoms with Crippen LogP contribution >= 0.6 is 0 Å². The van der Waals surface area contributed by atoms with Gasteiger partial charge in [0.2, 0.25) is 11.8 Å². The molecule has 0 saturated heterocycles. The number of rotatable bonds is 7. The molecule has 0 unspecified atom stereocenters. The minimum atomic E-state index is -0.858. The number of hydrogen-bond donors (Lipinski definition) is 4. The average molecular weight is 270 g/mol. The zero-order chi connectivity index (χ0) is 14.5. The molecular weight excluding hydrogens is 248 g/mol. The van der Waals surface area contributed by atoms with Crippen molar-refractivity contribution in [1.29, 1.82) is 0 Å². The first-order valence-corrected chi connectivity index (χ1v) is 6.45. The van der Waals surface area contributed by atoms with Crippen LogP contribution in [0.5, 0.6) is 0 Å². The third kappa shape index (κ3) is 4.11. The van der Waals surface area contributed by atoms with Crippen molar-refractivity contribution in [2.24, 2.45) is 22.2 Å². The van der Waals surface area contributed by atoms with Crippen LogP contribution in [0.2, 0.25) is 0 Å². The van der Waals surface area contributed by atoms with Crippen LogP contribution in [-0.4, -0.2) is 35.9 Å². The zero-order valence-corrected chi connectivity index (χ0v) is 11.4. The number of carbonyl (C=O) groups excluding carboxylic acids is 2. The molecule has 0 spiro atoms. The number of carbonyl (C=O) groups is 2. The van der Waals surface area contributed by atoms with Crippen molar-refractivity contribution in [3.63, 3.8) is 0 Å². The Morgan fingerprint density at radius 2 is 2.00 bits per heavy atom. The van der Waals surface area contributed by atoms with Crippen molar-refractivity contribution in [2.75, 3.05) is 13.1 Å². The normalized spacial score (nSPS) is 17.1. The van der Waals surface area contributed by atoms with Gasteiger partial charge in [0, 0.05) is 19.5 Å². The van der Waals surface area contributed by atoms with E-state index < -0.39 is 5.41 Å². The maximum atomic E-state index is 11.9. The van der Waals surface area contributed by atoms with Crippen molar-refractivity contribution >= 4 is 17.6 Å². The highest BCUT2D eigenvalue weighted by atomic mass is 16.4. The fourth-order valence-corrected chi connectivity index (χ4v) is 1.69. The van der Waals surface area contributed by atoms with Gasteiger partial charge in [0.25, 0.3) is 0 Å². The van der Waals surface area contributed by atoms with Gasteiger partial charge in [-0.3, -0.25) is 9.59 Å². The zero-order valence-electron chi connectivity index (χ0n) is 11.4. The summed E-state index contributed by atoms with van der Waals surface area (Å²) in [6, 6.07) is 0. The topological polar surface area (TPSA) is 117 Å². The molecule has 7 nitrogen and oxygen atoms in total. The molecular formula is C12H22N4O3. The second-order valence-corrected chi connectivity index (χ2v) is 5.27. The first-order chi connectivity index (χ1) is 8.92. The number of nitrogens with zero attached hydrogens (tertiary/aromatic N) is 1. The number of hydrogen-bond acceptors (Lipinski definition) is 4. The van der Waals surface area contributed by atoms with Crippen LogP contribution in [0.15, 0.2) is 5.16 Å².